The molecule has 3 nitrogen and oxygen atoms in total. The topological polar surface area (TPSA) is 38.3 Å². The Morgan fingerprint density at radius 2 is 2.50 bits per heavy atom. The lowest BCUT2D eigenvalue weighted by Crippen LogP contribution is -2.43. The van der Waals surface area contributed by atoms with Crippen LogP contribution in [0, 0.1) is 11.8 Å². The summed E-state index contributed by atoms with van der Waals surface area (Å²) in [5, 5.41) is 3.22. The van der Waals surface area contributed by atoms with Crippen LogP contribution in [0.5, 0.6) is 0 Å². The minimum atomic E-state index is -0.0512. The van der Waals surface area contributed by atoms with Gasteiger partial charge < -0.3 is 10.1 Å². The summed E-state index contributed by atoms with van der Waals surface area (Å²) in [6, 6.07) is 0.00343. The average molecular weight is 169 g/mol. The zero-order valence-corrected chi connectivity index (χ0v) is 7.38. The highest BCUT2D eigenvalue weighted by molar-refractivity contribution is 5.77. The molecular formula is C9H15NO2. The van der Waals surface area contributed by atoms with Crippen LogP contribution in [0.1, 0.15) is 19.8 Å². The molecule has 3 atom stereocenters. The Bertz CT molecular complexity index is 193. The van der Waals surface area contributed by atoms with Crippen LogP contribution in [0.2, 0.25) is 0 Å². The minimum absolute atomic E-state index is 0.00343. The molecule has 0 spiro atoms. The second kappa shape index (κ2) is 3.05. The predicted molar refractivity (Wildman–Crippen MR) is 44.6 cm³/mol. The Kier molecular flexibility index (Phi) is 2.05. The molecule has 2 fully saturated rings. The molecule has 1 N–H and O–H groups in total. The monoisotopic (exact) mass is 169 g/mol. The number of carbonyl (C=O) groups is 1. The maximum atomic E-state index is 11.4. The standard InChI is InChI=1S/C9H15NO2/c1-2-12-9(11)8-7-5-6(7)3-4-10-8/h6-8,10H,2-5H2,1H3. The van der Waals surface area contributed by atoms with Crippen LogP contribution in [0.25, 0.3) is 0 Å². The van der Waals surface area contributed by atoms with E-state index in [2.05, 4.69) is 5.32 Å². The van der Waals surface area contributed by atoms with Gasteiger partial charge in [0.15, 0.2) is 0 Å². The van der Waals surface area contributed by atoms with Crippen LogP contribution in [0.3, 0.4) is 0 Å². The van der Waals surface area contributed by atoms with Crippen molar-refractivity contribution >= 4 is 5.97 Å². The number of esters is 1. The van der Waals surface area contributed by atoms with Crippen LogP contribution in [-0.2, 0) is 9.53 Å². The summed E-state index contributed by atoms with van der Waals surface area (Å²) >= 11 is 0. The zero-order valence-electron chi connectivity index (χ0n) is 7.38. The molecule has 0 bridgehead atoms. The molecule has 0 aromatic rings. The number of fused-ring (bicyclic) bond motifs is 1. The van der Waals surface area contributed by atoms with E-state index < -0.39 is 0 Å². The van der Waals surface area contributed by atoms with Crippen molar-refractivity contribution in [2.75, 3.05) is 13.2 Å². The third kappa shape index (κ3) is 1.33. The van der Waals surface area contributed by atoms with Crippen LogP contribution in [-0.4, -0.2) is 25.2 Å². The number of hydrogen-bond donors (Lipinski definition) is 1. The predicted octanol–water partition coefficient (Wildman–Crippen LogP) is 0.547. The van der Waals surface area contributed by atoms with Gasteiger partial charge in [-0.25, -0.2) is 0 Å². The molecule has 1 saturated carbocycles. The van der Waals surface area contributed by atoms with Crippen molar-refractivity contribution in [3.63, 3.8) is 0 Å². The molecule has 0 aromatic carbocycles. The van der Waals surface area contributed by atoms with E-state index in [-0.39, 0.29) is 12.0 Å². The van der Waals surface area contributed by atoms with Crippen LogP contribution in [0.4, 0.5) is 0 Å². The number of hydrogen-bond acceptors (Lipinski definition) is 3. The lowest BCUT2D eigenvalue weighted by Gasteiger charge is -2.20. The van der Waals surface area contributed by atoms with E-state index in [9.17, 15) is 4.79 Å². The van der Waals surface area contributed by atoms with E-state index in [4.69, 9.17) is 4.74 Å². The highest BCUT2D eigenvalue weighted by Crippen LogP contribution is 2.46. The Labute approximate surface area is 72.5 Å². The van der Waals surface area contributed by atoms with Crippen molar-refractivity contribution in [2.45, 2.75) is 25.8 Å². The van der Waals surface area contributed by atoms with Crippen LogP contribution < -0.4 is 5.32 Å². The molecule has 0 radical (unpaired) electrons. The first kappa shape index (κ1) is 8.05. The Hall–Kier alpha value is -0.570. The smallest absolute Gasteiger partial charge is 0.323 e. The summed E-state index contributed by atoms with van der Waals surface area (Å²) in [5.74, 6) is 1.34. The largest absolute Gasteiger partial charge is 0.465 e. The molecule has 12 heavy (non-hydrogen) atoms. The summed E-state index contributed by atoms with van der Waals surface area (Å²) in [4.78, 5) is 11.4. The average Bonchev–Trinajstić information content (AvgIpc) is 2.81. The molecule has 3 unspecified atom stereocenters. The van der Waals surface area contributed by atoms with Gasteiger partial charge in [0, 0.05) is 0 Å². The second-order valence-electron chi connectivity index (χ2n) is 3.63. The fourth-order valence-electron chi connectivity index (χ4n) is 2.08. The van der Waals surface area contributed by atoms with Gasteiger partial charge in [-0.05, 0) is 38.1 Å². The molecule has 68 valence electrons. The van der Waals surface area contributed by atoms with Gasteiger partial charge >= 0.3 is 5.97 Å². The first-order valence-electron chi connectivity index (χ1n) is 4.73. The van der Waals surface area contributed by atoms with Crippen LogP contribution >= 0.6 is 0 Å². The Morgan fingerprint density at radius 1 is 1.67 bits per heavy atom. The van der Waals surface area contributed by atoms with E-state index in [1.54, 1.807) is 0 Å². The Morgan fingerprint density at radius 3 is 3.25 bits per heavy atom. The maximum Gasteiger partial charge on any atom is 0.323 e. The highest BCUT2D eigenvalue weighted by Gasteiger charge is 2.48. The molecule has 2 rings (SSSR count). The molecule has 1 heterocycles. The van der Waals surface area contributed by atoms with E-state index in [0.29, 0.717) is 12.5 Å². The molecule has 3 heteroatoms. The van der Waals surface area contributed by atoms with Gasteiger partial charge in [0.05, 0.1) is 6.61 Å². The number of ether oxygens (including phenoxy) is 1. The van der Waals surface area contributed by atoms with Gasteiger partial charge in [0.2, 0.25) is 0 Å². The SMILES string of the molecule is CCOC(=O)C1NCCC2CC21. The van der Waals surface area contributed by atoms with Gasteiger partial charge in [0.25, 0.3) is 0 Å². The van der Waals surface area contributed by atoms with Gasteiger partial charge in [-0.1, -0.05) is 0 Å². The number of rotatable bonds is 2. The summed E-state index contributed by atoms with van der Waals surface area (Å²) in [6.45, 7) is 3.32. The van der Waals surface area contributed by atoms with E-state index in [0.717, 1.165) is 12.5 Å². The molecular weight excluding hydrogens is 154 g/mol. The lowest BCUT2D eigenvalue weighted by atomic mass is 10.1. The quantitative estimate of drug-likeness (QED) is 0.613. The molecule has 1 aliphatic heterocycles. The minimum Gasteiger partial charge on any atom is -0.465 e. The third-order valence-corrected chi connectivity index (χ3v) is 2.83. The van der Waals surface area contributed by atoms with Gasteiger partial charge in [-0.2, -0.15) is 0 Å². The van der Waals surface area contributed by atoms with Gasteiger partial charge in [0.1, 0.15) is 6.04 Å². The summed E-state index contributed by atoms with van der Waals surface area (Å²) in [5.41, 5.74) is 0. The fourth-order valence-corrected chi connectivity index (χ4v) is 2.08. The fraction of sp³-hybridized carbons (Fsp3) is 0.889. The van der Waals surface area contributed by atoms with Crippen molar-refractivity contribution in [3.05, 3.63) is 0 Å². The molecule has 0 aromatic heterocycles. The maximum absolute atomic E-state index is 11.4. The van der Waals surface area contributed by atoms with E-state index in [1.165, 1.54) is 12.8 Å². The summed E-state index contributed by atoms with van der Waals surface area (Å²) in [7, 11) is 0. The van der Waals surface area contributed by atoms with Crippen LogP contribution in [0.15, 0.2) is 0 Å². The van der Waals surface area contributed by atoms with Crippen molar-refractivity contribution in [2.24, 2.45) is 11.8 Å². The summed E-state index contributed by atoms with van der Waals surface area (Å²) in [6.07, 6.45) is 2.46. The lowest BCUT2D eigenvalue weighted by molar-refractivity contribution is -0.146. The van der Waals surface area contributed by atoms with Crippen molar-refractivity contribution in [1.82, 2.24) is 5.32 Å². The Balaban J connectivity index is 1.90. The summed E-state index contributed by atoms with van der Waals surface area (Å²) < 4.78 is 4.98. The first-order valence-corrected chi connectivity index (χ1v) is 4.73. The van der Waals surface area contributed by atoms with E-state index >= 15 is 0 Å². The first-order chi connectivity index (χ1) is 5.83. The number of nitrogens with one attached hydrogen (secondary N) is 1. The normalized spacial score (nSPS) is 38.6. The number of piperidine rings is 1. The van der Waals surface area contributed by atoms with Gasteiger partial charge in [-0.15, -0.1) is 0 Å². The third-order valence-electron chi connectivity index (χ3n) is 2.83. The highest BCUT2D eigenvalue weighted by atomic mass is 16.5. The van der Waals surface area contributed by atoms with Crippen molar-refractivity contribution in [1.29, 1.82) is 0 Å². The zero-order chi connectivity index (χ0) is 8.55. The van der Waals surface area contributed by atoms with E-state index in [1.807, 2.05) is 6.92 Å². The van der Waals surface area contributed by atoms with Crippen molar-refractivity contribution < 1.29 is 9.53 Å². The second-order valence-corrected chi connectivity index (χ2v) is 3.63. The molecule has 1 saturated heterocycles. The van der Waals surface area contributed by atoms with Gasteiger partial charge in [-0.3, -0.25) is 4.79 Å². The molecule has 2 aliphatic rings. The number of carbonyl (C=O) groups excluding carboxylic acids is 1. The van der Waals surface area contributed by atoms with Crippen molar-refractivity contribution in [3.8, 4) is 0 Å². The molecule has 0 amide bonds. The molecule has 1 aliphatic carbocycles.